The van der Waals surface area contributed by atoms with Crippen LogP contribution in [-0.2, 0) is 0 Å². The molecule has 10 heteroatoms. The molecule has 0 saturated heterocycles. The van der Waals surface area contributed by atoms with E-state index in [2.05, 4.69) is 10.5 Å². The number of nitrogens with zero attached hydrogens (tertiary/aromatic N) is 3. The van der Waals surface area contributed by atoms with E-state index in [1.54, 1.807) is 0 Å². The van der Waals surface area contributed by atoms with Gasteiger partial charge in [-0.25, -0.2) is 5.43 Å². The van der Waals surface area contributed by atoms with Gasteiger partial charge in [-0.3, -0.25) is 25.0 Å². The predicted molar refractivity (Wildman–Crippen MR) is 82.9 cm³/mol. The van der Waals surface area contributed by atoms with Gasteiger partial charge in [-0.1, -0.05) is 6.07 Å². The van der Waals surface area contributed by atoms with Crippen LogP contribution in [0.1, 0.15) is 15.9 Å². The van der Waals surface area contributed by atoms with Crippen LogP contribution in [0.15, 0.2) is 47.6 Å². The third kappa shape index (κ3) is 3.68. The van der Waals surface area contributed by atoms with Crippen molar-refractivity contribution in [2.24, 2.45) is 5.10 Å². The summed E-state index contributed by atoms with van der Waals surface area (Å²) < 4.78 is 0. The zero-order valence-corrected chi connectivity index (χ0v) is 11.9. The van der Waals surface area contributed by atoms with Crippen LogP contribution in [0.3, 0.4) is 0 Å². The van der Waals surface area contributed by atoms with Crippen LogP contribution in [0.5, 0.6) is 5.75 Å². The Morgan fingerprint density at radius 1 is 1.08 bits per heavy atom. The normalized spacial score (nSPS) is 10.5. The molecule has 0 atom stereocenters. The second-order valence-electron chi connectivity index (χ2n) is 4.48. The highest BCUT2D eigenvalue weighted by Crippen LogP contribution is 2.27. The van der Waals surface area contributed by atoms with Gasteiger partial charge in [-0.2, -0.15) is 5.10 Å². The number of rotatable bonds is 5. The summed E-state index contributed by atoms with van der Waals surface area (Å²) in [5.41, 5.74) is 1.70. The molecule has 122 valence electrons. The number of amides is 1. The summed E-state index contributed by atoms with van der Waals surface area (Å²) in [6, 6.07) is 8.72. The van der Waals surface area contributed by atoms with Gasteiger partial charge in [0.2, 0.25) is 5.75 Å². The number of non-ortho nitro benzene ring substituents is 1. The number of hydrogen-bond acceptors (Lipinski definition) is 7. The summed E-state index contributed by atoms with van der Waals surface area (Å²) in [6.07, 6.45) is 1.05. The Bertz CT molecular complexity index is 832. The third-order valence-electron chi connectivity index (χ3n) is 2.95. The van der Waals surface area contributed by atoms with Crippen molar-refractivity contribution in [3.63, 3.8) is 0 Å². The molecule has 24 heavy (non-hydrogen) atoms. The summed E-state index contributed by atoms with van der Waals surface area (Å²) >= 11 is 0. The molecule has 0 fully saturated rings. The highest BCUT2D eigenvalue weighted by Gasteiger charge is 2.15. The maximum absolute atomic E-state index is 11.8. The smallest absolute Gasteiger partial charge is 0.311 e. The lowest BCUT2D eigenvalue weighted by Crippen LogP contribution is -2.17. The van der Waals surface area contributed by atoms with Crippen molar-refractivity contribution in [3.05, 3.63) is 73.8 Å². The first kappa shape index (κ1) is 16.5. The summed E-state index contributed by atoms with van der Waals surface area (Å²) in [4.78, 5) is 31.7. The minimum absolute atomic E-state index is 0.0493. The van der Waals surface area contributed by atoms with Gasteiger partial charge in [0.15, 0.2) is 0 Å². The number of hydrazone groups is 1. The summed E-state index contributed by atoms with van der Waals surface area (Å²) in [5.74, 6) is -1.21. The second kappa shape index (κ2) is 6.96. The quantitative estimate of drug-likeness (QED) is 0.486. The number of aromatic hydroxyl groups is 1. The first-order valence-electron chi connectivity index (χ1n) is 6.44. The Labute approximate surface area is 134 Å². The van der Waals surface area contributed by atoms with Gasteiger partial charge in [0, 0.05) is 29.3 Å². The summed E-state index contributed by atoms with van der Waals surface area (Å²) in [6.45, 7) is 0. The van der Waals surface area contributed by atoms with Crippen molar-refractivity contribution in [1.29, 1.82) is 0 Å². The van der Waals surface area contributed by atoms with Crippen LogP contribution >= 0.6 is 0 Å². The molecular weight excluding hydrogens is 320 g/mol. The van der Waals surface area contributed by atoms with Crippen LogP contribution < -0.4 is 5.43 Å². The van der Waals surface area contributed by atoms with Gasteiger partial charge < -0.3 is 5.11 Å². The monoisotopic (exact) mass is 330 g/mol. The molecule has 0 aromatic heterocycles. The molecule has 0 spiro atoms. The van der Waals surface area contributed by atoms with E-state index in [0.717, 1.165) is 12.3 Å². The fourth-order valence-corrected chi connectivity index (χ4v) is 1.76. The molecule has 2 aromatic rings. The molecule has 0 aliphatic rings. The Hall–Kier alpha value is -3.82. The van der Waals surface area contributed by atoms with Gasteiger partial charge in [-0.15, -0.1) is 0 Å². The molecule has 0 saturated carbocycles. The standard InChI is InChI=1S/C14H10N4O6/c19-13-10(2-1-3-12(13)18(23)24)8-15-16-14(20)9-4-6-11(7-5-9)17(21)22/h1-8,19H,(H,16,20)/b15-8-. The molecule has 0 aliphatic carbocycles. The van der Waals surface area contributed by atoms with E-state index in [4.69, 9.17) is 0 Å². The van der Waals surface area contributed by atoms with Crippen LogP contribution in [-0.4, -0.2) is 27.1 Å². The van der Waals surface area contributed by atoms with E-state index in [0.29, 0.717) is 0 Å². The number of hydrogen-bond donors (Lipinski definition) is 2. The summed E-state index contributed by atoms with van der Waals surface area (Å²) in [7, 11) is 0. The minimum Gasteiger partial charge on any atom is -0.502 e. The van der Waals surface area contributed by atoms with Crippen molar-refractivity contribution in [2.75, 3.05) is 0 Å². The highest BCUT2D eigenvalue weighted by atomic mass is 16.6. The van der Waals surface area contributed by atoms with Gasteiger partial charge in [0.25, 0.3) is 11.6 Å². The number of benzene rings is 2. The lowest BCUT2D eigenvalue weighted by atomic mass is 10.2. The number of nitro benzene ring substituents is 2. The number of nitro groups is 2. The van der Waals surface area contributed by atoms with Gasteiger partial charge in [0.05, 0.1) is 16.1 Å². The molecule has 0 bridgehead atoms. The SMILES string of the molecule is O=C(N/N=C\c1cccc([N+](=O)[O-])c1O)c1ccc([N+](=O)[O-])cc1. The maximum Gasteiger partial charge on any atom is 0.311 e. The van der Waals surface area contributed by atoms with Gasteiger partial charge in [-0.05, 0) is 18.2 Å². The highest BCUT2D eigenvalue weighted by molar-refractivity contribution is 5.95. The average molecular weight is 330 g/mol. The maximum atomic E-state index is 11.8. The van der Waals surface area contributed by atoms with E-state index < -0.39 is 27.2 Å². The van der Waals surface area contributed by atoms with Crippen molar-refractivity contribution in [1.82, 2.24) is 5.43 Å². The second-order valence-corrected chi connectivity index (χ2v) is 4.48. The van der Waals surface area contributed by atoms with E-state index in [1.807, 2.05) is 0 Å². The number of carbonyl (C=O) groups is 1. The van der Waals surface area contributed by atoms with E-state index in [1.165, 1.54) is 36.4 Å². The molecule has 2 N–H and O–H groups in total. The Morgan fingerprint density at radius 3 is 2.33 bits per heavy atom. The minimum atomic E-state index is -0.748. The largest absolute Gasteiger partial charge is 0.502 e. The number of phenolic OH excluding ortho intramolecular Hbond substituents is 1. The first-order chi connectivity index (χ1) is 11.4. The van der Waals surface area contributed by atoms with Crippen molar-refractivity contribution in [3.8, 4) is 5.75 Å². The van der Waals surface area contributed by atoms with E-state index >= 15 is 0 Å². The fraction of sp³-hybridized carbons (Fsp3) is 0. The number of carbonyl (C=O) groups excluding carboxylic acids is 1. The first-order valence-corrected chi connectivity index (χ1v) is 6.44. The zero-order valence-electron chi connectivity index (χ0n) is 11.9. The van der Waals surface area contributed by atoms with Crippen LogP contribution in [0.25, 0.3) is 0 Å². The lowest BCUT2D eigenvalue weighted by Gasteiger charge is -2.01. The number of para-hydroxylation sites is 1. The average Bonchev–Trinajstić information content (AvgIpc) is 2.56. The predicted octanol–water partition coefficient (Wildman–Crippen LogP) is 1.97. The van der Waals surface area contributed by atoms with Crippen molar-refractivity contribution in [2.45, 2.75) is 0 Å². The Morgan fingerprint density at radius 2 is 1.75 bits per heavy atom. The van der Waals surface area contributed by atoms with Crippen LogP contribution in [0, 0.1) is 20.2 Å². The zero-order chi connectivity index (χ0) is 17.7. The van der Waals surface area contributed by atoms with Crippen LogP contribution in [0.4, 0.5) is 11.4 Å². The van der Waals surface area contributed by atoms with Gasteiger partial charge >= 0.3 is 5.69 Å². The molecule has 10 nitrogen and oxygen atoms in total. The number of phenols is 1. The molecular formula is C14H10N4O6. The van der Waals surface area contributed by atoms with E-state index in [-0.39, 0.29) is 16.8 Å². The third-order valence-corrected chi connectivity index (χ3v) is 2.95. The van der Waals surface area contributed by atoms with E-state index in [9.17, 15) is 30.1 Å². The molecule has 0 aliphatic heterocycles. The molecule has 0 radical (unpaired) electrons. The summed E-state index contributed by atoms with van der Waals surface area (Å²) in [5, 5.41) is 34.5. The molecule has 2 rings (SSSR count). The van der Waals surface area contributed by atoms with Crippen LogP contribution in [0.2, 0.25) is 0 Å². The van der Waals surface area contributed by atoms with Crippen molar-refractivity contribution >= 4 is 23.5 Å². The lowest BCUT2D eigenvalue weighted by molar-refractivity contribution is -0.385. The molecule has 1 amide bonds. The van der Waals surface area contributed by atoms with Gasteiger partial charge in [0.1, 0.15) is 0 Å². The molecule has 0 unspecified atom stereocenters. The number of nitrogens with one attached hydrogen (secondary N) is 1. The van der Waals surface area contributed by atoms with Crippen molar-refractivity contribution < 1.29 is 19.7 Å². The topological polar surface area (TPSA) is 148 Å². The Balaban J connectivity index is 2.09. The molecule has 2 aromatic carbocycles. The molecule has 0 heterocycles. The Kier molecular flexibility index (Phi) is 4.80. The fourth-order valence-electron chi connectivity index (χ4n) is 1.76.